The van der Waals surface area contributed by atoms with Crippen molar-refractivity contribution in [2.45, 2.75) is 26.2 Å². The molecule has 0 amide bonds. The molecule has 0 spiro atoms. The molecule has 1 nitrogen and oxygen atoms in total. The topological polar surface area (TPSA) is 9.23 Å². The van der Waals surface area contributed by atoms with Crippen molar-refractivity contribution in [1.82, 2.24) is 0 Å². The molecule has 0 saturated carbocycles. The normalized spacial score (nSPS) is 18.9. The summed E-state index contributed by atoms with van der Waals surface area (Å²) in [7, 11) is 0. The monoisotopic (exact) mass is 190 g/mol. The minimum absolute atomic E-state index is 0.496. The Balaban J connectivity index is 1.88. The van der Waals surface area contributed by atoms with Crippen LogP contribution in [0.3, 0.4) is 0 Å². The van der Waals surface area contributed by atoms with Gasteiger partial charge in [0.25, 0.3) is 0 Å². The third-order valence-electron chi connectivity index (χ3n) is 3.35. The van der Waals surface area contributed by atoms with Gasteiger partial charge in [-0.05, 0) is 24.8 Å². The maximum absolute atomic E-state index is 5.32. The molecule has 1 aromatic rings. The minimum Gasteiger partial charge on any atom is -0.380 e. The third kappa shape index (κ3) is 1.98. The van der Waals surface area contributed by atoms with Crippen molar-refractivity contribution >= 4 is 0 Å². The van der Waals surface area contributed by atoms with Gasteiger partial charge in [-0.1, -0.05) is 37.3 Å². The molecule has 1 saturated heterocycles. The summed E-state index contributed by atoms with van der Waals surface area (Å²) in [5.41, 5.74) is 1.95. The van der Waals surface area contributed by atoms with Crippen molar-refractivity contribution in [1.29, 1.82) is 0 Å². The summed E-state index contributed by atoms with van der Waals surface area (Å²) in [5.74, 6) is 0. The van der Waals surface area contributed by atoms with Gasteiger partial charge in [0.1, 0.15) is 0 Å². The molecule has 1 fully saturated rings. The summed E-state index contributed by atoms with van der Waals surface area (Å²) < 4.78 is 5.32. The van der Waals surface area contributed by atoms with Gasteiger partial charge in [-0.25, -0.2) is 0 Å². The second-order valence-electron chi connectivity index (χ2n) is 4.33. The highest BCUT2D eigenvalue weighted by molar-refractivity contribution is 5.15. The molecule has 1 heterocycles. The number of hydrogen-bond donors (Lipinski definition) is 0. The Bertz CT molecular complexity index is 269. The Morgan fingerprint density at radius 2 is 1.93 bits per heavy atom. The van der Waals surface area contributed by atoms with Crippen LogP contribution >= 0.6 is 0 Å². The van der Waals surface area contributed by atoms with Crippen molar-refractivity contribution in [3.63, 3.8) is 0 Å². The van der Waals surface area contributed by atoms with Gasteiger partial charge in [0.05, 0.1) is 13.2 Å². The highest BCUT2D eigenvalue weighted by Crippen LogP contribution is 2.35. The van der Waals surface area contributed by atoms with Crippen LogP contribution in [0, 0.1) is 5.41 Å². The molecule has 0 atom stereocenters. The summed E-state index contributed by atoms with van der Waals surface area (Å²) in [6.45, 7) is 4.21. The van der Waals surface area contributed by atoms with Crippen LogP contribution in [-0.2, 0) is 11.2 Å². The van der Waals surface area contributed by atoms with Crippen molar-refractivity contribution in [2.75, 3.05) is 13.2 Å². The first-order valence-electron chi connectivity index (χ1n) is 5.46. The molecule has 1 heteroatoms. The van der Waals surface area contributed by atoms with Crippen LogP contribution in [0.15, 0.2) is 30.3 Å². The Hall–Kier alpha value is -0.820. The fourth-order valence-corrected chi connectivity index (χ4v) is 1.97. The lowest BCUT2D eigenvalue weighted by Gasteiger charge is -2.41. The lowest BCUT2D eigenvalue weighted by molar-refractivity contribution is -0.119. The first kappa shape index (κ1) is 9.72. The Morgan fingerprint density at radius 3 is 2.43 bits per heavy atom. The zero-order chi connectivity index (χ0) is 9.86. The second kappa shape index (κ2) is 4.14. The zero-order valence-electron chi connectivity index (χ0n) is 8.83. The van der Waals surface area contributed by atoms with Crippen LogP contribution in [0.2, 0.25) is 0 Å². The molecule has 0 radical (unpaired) electrons. The molecule has 1 aliphatic heterocycles. The molecular formula is C13H18O. The number of benzene rings is 1. The maximum Gasteiger partial charge on any atom is 0.0544 e. The molecule has 0 unspecified atom stereocenters. The minimum atomic E-state index is 0.496. The van der Waals surface area contributed by atoms with E-state index in [0.717, 1.165) is 13.2 Å². The average Bonchev–Trinajstić information content (AvgIpc) is 2.19. The Morgan fingerprint density at radius 1 is 1.21 bits per heavy atom. The van der Waals surface area contributed by atoms with Crippen LogP contribution in [0.1, 0.15) is 25.3 Å². The number of ether oxygens (including phenoxy) is 1. The quantitative estimate of drug-likeness (QED) is 0.709. The van der Waals surface area contributed by atoms with Crippen LogP contribution in [0.4, 0.5) is 0 Å². The summed E-state index contributed by atoms with van der Waals surface area (Å²) in [6, 6.07) is 10.7. The first-order chi connectivity index (χ1) is 6.85. The van der Waals surface area contributed by atoms with E-state index in [2.05, 4.69) is 37.3 Å². The van der Waals surface area contributed by atoms with E-state index in [9.17, 15) is 0 Å². The van der Waals surface area contributed by atoms with Gasteiger partial charge in [-0.2, -0.15) is 0 Å². The molecule has 2 rings (SSSR count). The van der Waals surface area contributed by atoms with Gasteiger partial charge in [0.15, 0.2) is 0 Å². The highest BCUT2D eigenvalue weighted by atomic mass is 16.5. The Kier molecular flexibility index (Phi) is 2.87. The van der Waals surface area contributed by atoms with E-state index in [1.54, 1.807) is 0 Å². The van der Waals surface area contributed by atoms with E-state index in [4.69, 9.17) is 4.74 Å². The fraction of sp³-hybridized carbons (Fsp3) is 0.538. The number of aryl methyl sites for hydroxylation is 1. The molecule has 0 bridgehead atoms. The molecule has 0 aromatic heterocycles. The second-order valence-corrected chi connectivity index (χ2v) is 4.33. The molecule has 0 aliphatic carbocycles. The maximum atomic E-state index is 5.32. The molecule has 1 aliphatic rings. The number of hydrogen-bond acceptors (Lipinski definition) is 1. The van der Waals surface area contributed by atoms with Gasteiger partial charge in [-0.3, -0.25) is 0 Å². The molecule has 14 heavy (non-hydrogen) atoms. The smallest absolute Gasteiger partial charge is 0.0544 e. The molecule has 1 aromatic carbocycles. The SMILES string of the molecule is CCC1(CCc2ccccc2)COC1. The van der Waals surface area contributed by atoms with E-state index < -0.39 is 0 Å². The predicted octanol–water partition coefficient (Wildman–Crippen LogP) is 3.05. The van der Waals surface area contributed by atoms with Crippen molar-refractivity contribution in [3.05, 3.63) is 35.9 Å². The van der Waals surface area contributed by atoms with Gasteiger partial charge in [0.2, 0.25) is 0 Å². The summed E-state index contributed by atoms with van der Waals surface area (Å²) in [5, 5.41) is 0. The van der Waals surface area contributed by atoms with Crippen LogP contribution in [-0.4, -0.2) is 13.2 Å². The van der Waals surface area contributed by atoms with Crippen molar-refractivity contribution in [3.8, 4) is 0 Å². The van der Waals surface area contributed by atoms with E-state index in [1.807, 2.05) is 0 Å². The van der Waals surface area contributed by atoms with Gasteiger partial charge in [-0.15, -0.1) is 0 Å². The van der Waals surface area contributed by atoms with E-state index >= 15 is 0 Å². The molecule has 0 N–H and O–H groups in total. The summed E-state index contributed by atoms with van der Waals surface area (Å²) >= 11 is 0. The van der Waals surface area contributed by atoms with Crippen LogP contribution < -0.4 is 0 Å². The number of rotatable bonds is 4. The van der Waals surface area contributed by atoms with Crippen molar-refractivity contribution in [2.24, 2.45) is 5.41 Å². The van der Waals surface area contributed by atoms with Crippen LogP contribution in [0.5, 0.6) is 0 Å². The van der Waals surface area contributed by atoms with Crippen LogP contribution in [0.25, 0.3) is 0 Å². The van der Waals surface area contributed by atoms with Gasteiger partial charge >= 0.3 is 0 Å². The highest BCUT2D eigenvalue weighted by Gasteiger charge is 2.35. The molecular weight excluding hydrogens is 172 g/mol. The van der Waals surface area contributed by atoms with E-state index in [-0.39, 0.29) is 0 Å². The van der Waals surface area contributed by atoms with Crippen molar-refractivity contribution < 1.29 is 4.74 Å². The first-order valence-corrected chi connectivity index (χ1v) is 5.46. The Labute approximate surface area is 86.1 Å². The summed E-state index contributed by atoms with van der Waals surface area (Å²) in [4.78, 5) is 0. The van der Waals surface area contributed by atoms with E-state index in [0.29, 0.717) is 5.41 Å². The lowest BCUT2D eigenvalue weighted by atomic mass is 9.78. The largest absolute Gasteiger partial charge is 0.380 e. The van der Waals surface area contributed by atoms with Gasteiger partial charge < -0.3 is 4.74 Å². The zero-order valence-corrected chi connectivity index (χ0v) is 8.83. The lowest BCUT2D eigenvalue weighted by Crippen LogP contribution is -2.42. The standard InChI is InChI=1S/C13H18O/c1-2-13(10-14-11-13)9-8-12-6-4-3-5-7-12/h3-7H,2,8-11H2,1H3. The predicted molar refractivity (Wildman–Crippen MR) is 58.3 cm³/mol. The summed E-state index contributed by atoms with van der Waals surface area (Å²) in [6.07, 6.45) is 3.71. The van der Waals surface area contributed by atoms with Gasteiger partial charge in [0, 0.05) is 5.41 Å². The van der Waals surface area contributed by atoms with E-state index in [1.165, 1.54) is 24.8 Å². The fourth-order valence-electron chi connectivity index (χ4n) is 1.97. The average molecular weight is 190 g/mol. The molecule has 76 valence electrons. The third-order valence-corrected chi connectivity index (χ3v) is 3.35.